The van der Waals surface area contributed by atoms with Crippen molar-refractivity contribution in [3.05, 3.63) is 58.1 Å². The predicted octanol–water partition coefficient (Wildman–Crippen LogP) is 5.87. The van der Waals surface area contributed by atoms with E-state index in [2.05, 4.69) is 25.8 Å². The van der Waals surface area contributed by atoms with Crippen molar-refractivity contribution in [2.45, 2.75) is 161 Å². The molecule has 0 spiro atoms. The number of rotatable bonds is 33. The number of nitrogens with two attached hydrogens (primary N) is 1. The van der Waals surface area contributed by atoms with Crippen LogP contribution in [0.15, 0.2) is 41.8 Å². The van der Waals surface area contributed by atoms with E-state index in [1.165, 1.54) is 30.4 Å². The third-order valence-electron chi connectivity index (χ3n) is 14.7. The van der Waals surface area contributed by atoms with E-state index in [0.29, 0.717) is 67.7 Å². The number of hydrogen-bond donors (Lipinski definition) is 5. The molecule has 0 aliphatic carbocycles. The molecule has 8 atom stereocenters. The number of nitrogens with one attached hydrogen (secondary N) is 3. The number of aromatic nitrogens is 1. The highest BCUT2D eigenvalue weighted by Gasteiger charge is 2.37. The molecule has 1 saturated heterocycles. The van der Waals surface area contributed by atoms with E-state index in [0.717, 1.165) is 37.1 Å². The van der Waals surface area contributed by atoms with Crippen LogP contribution in [0, 0.1) is 23.7 Å². The number of unbranched alkanes of at least 4 members (excludes halogenated alkanes) is 3. The molecular formula is C55H82N8O11S. The zero-order valence-electron chi connectivity index (χ0n) is 45.3. The van der Waals surface area contributed by atoms with Gasteiger partial charge in [-0.3, -0.25) is 53.0 Å². The Morgan fingerprint density at radius 1 is 0.933 bits per heavy atom. The van der Waals surface area contributed by atoms with Crippen LogP contribution in [-0.4, -0.2) is 143 Å². The van der Waals surface area contributed by atoms with Gasteiger partial charge in [0.25, 0.3) is 17.7 Å². The number of likely N-dealkylation sites (N-methyl/N-ethyl adjacent to an activating group) is 1. The molecule has 2 aliphatic rings. The quantitative estimate of drug-likeness (QED) is 0.0414. The average molecular weight is 1060 g/mol. The van der Waals surface area contributed by atoms with Gasteiger partial charge in [-0.2, -0.15) is 0 Å². The number of likely N-dealkylation sites (tertiary alicyclic amines) is 1. The Labute approximate surface area is 446 Å². The normalized spacial score (nSPS) is 17.7. The molecule has 1 fully saturated rings. The number of carboxylic acid groups (broad SMARTS) is 1. The molecule has 2 aliphatic heterocycles. The zero-order chi connectivity index (χ0) is 55.4. The molecule has 19 nitrogen and oxygen atoms in total. The van der Waals surface area contributed by atoms with E-state index in [1.54, 1.807) is 48.7 Å². The highest BCUT2D eigenvalue weighted by atomic mass is 32.1. The Morgan fingerprint density at radius 3 is 2.24 bits per heavy atom. The summed E-state index contributed by atoms with van der Waals surface area (Å²) in [5, 5.41) is 20.5. The van der Waals surface area contributed by atoms with Crippen molar-refractivity contribution in [3.8, 4) is 0 Å². The SMILES string of the molecule is CC[C@H](C)[C@H](CC(=O)[C@H]1CCCCN1C)C(=O)N(C)[C@H](C[C@@H](OC)c1nc(C(=O)N[C@@H](C)C(=O)C[C@@H](Cc2ccc(NC(=O)[C@H](CCCCN)NC(=O)CCCCCN3C(=O)C=CC3=O)cc2)C(=O)O)cs1)C(C)C. The fourth-order valence-electron chi connectivity index (χ4n) is 9.68. The van der Waals surface area contributed by atoms with Crippen molar-refractivity contribution in [1.82, 2.24) is 30.3 Å². The summed E-state index contributed by atoms with van der Waals surface area (Å²) in [4.78, 5) is 127. The number of anilines is 1. The Hall–Kier alpha value is -5.70. The van der Waals surface area contributed by atoms with Crippen LogP contribution in [0.3, 0.4) is 0 Å². The lowest BCUT2D eigenvalue weighted by Crippen LogP contribution is -2.48. The van der Waals surface area contributed by atoms with E-state index in [9.17, 15) is 48.3 Å². The van der Waals surface area contributed by atoms with Crippen molar-refractivity contribution >= 4 is 70.0 Å². The van der Waals surface area contributed by atoms with Crippen molar-refractivity contribution in [3.63, 3.8) is 0 Å². The first-order valence-electron chi connectivity index (χ1n) is 26.7. The van der Waals surface area contributed by atoms with Crippen LogP contribution in [0.2, 0.25) is 0 Å². The number of piperidine rings is 1. The van der Waals surface area contributed by atoms with Crippen LogP contribution < -0.4 is 21.7 Å². The summed E-state index contributed by atoms with van der Waals surface area (Å²) >= 11 is 1.22. The van der Waals surface area contributed by atoms with Gasteiger partial charge in [-0.25, -0.2) is 4.98 Å². The molecule has 4 rings (SSSR count). The maximum Gasteiger partial charge on any atom is 0.307 e. The molecule has 6 amide bonds. The van der Waals surface area contributed by atoms with Crippen LogP contribution in [0.4, 0.5) is 5.69 Å². The van der Waals surface area contributed by atoms with Gasteiger partial charge in [0.15, 0.2) is 11.6 Å². The molecule has 0 radical (unpaired) electrons. The van der Waals surface area contributed by atoms with Gasteiger partial charge in [0, 0.05) is 81.6 Å². The van der Waals surface area contributed by atoms with Crippen LogP contribution in [-0.2, 0) is 49.5 Å². The number of imide groups is 1. The average Bonchev–Trinajstić information content (AvgIpc) is 4.00. The summed E-state index contributed by atoms with van der Waals surface area (Å²) in [6.45, 7) is 11.2. The van der Waals surface area contributed by atoms with Gasteiger partial charge >= 0.3 is 5.97 Å². The standard InChI is InChI=1S/C55H82N8O11S/c1-9-35(4)40(31-46(65)43-18-13-16-27-61(43)6)54(71)62(7)44(34(2)3)32-47(74-8)53-60-42(33-75-53)52(70)57-36(5)45(64)30-38(55(72)73)29-37-20-22-39(23-21-37)58-51(69)41(17-12-14-26-56)59-48(66)19-11-10-15-28-63-49(67)24-25-50(63)68/h20-25,33-36,38,40-41,43-44,47H,9-19,26-32,56H2,1-8H3,(H,57,70)(H,58,69)(H,59,66)(H,72,73)/t35-,36-,38+,40-,41-,43+,44+,47+/m0/s1. The zero-order valence-corrected chi connectivity index (χ0v) is 46.1. The molecule has 6 N–H and O–H groups in total. The summed E-state index contributed by atoms with van der Waals surface area (Å²) in [7, 11) is 5.31. The van der Waals surface area contributed by atoms with E-state index in [4.69, 9.17) is 10.5 Å². The molecule has 0 bridgehead atoms. The number of ketones is 2. The number of Topliss-reactive ketones (excluding diaryl/α,β-unsaturated/α-hetero) is 2. The summed E-state index contributed by atoms with van der Waals surface area (Å²) < 4.78 is 5.91. The maximum atomic E-state index is 14.3. The highest BCUT2D eigenvalue weighted by molar-refractivity contribution is 7.09. The molecule has 0 saturated carbocycles. The first-order valence-corrected chi connectivity index (χ1v) is 27.5. The molecule has 1 aromatic heterocycles. The number of carboxylic acids is 1. The van der Waals surface area contributed by atoms with Gasteiger partial charge in [-0.1, -0.05) is 59.1 Å². The van der Waals surface area contributed by atoms with Gasteiger partial charge < -0.3 is 36.4 Å². The summed E-state index contributed by atoms with van der Waals surface area (Å²) in [6.07, 6.45) is 9.14. The van der Waals surface area contributed by atoms with Crippen molar-refractivity contribution < 1.29 is 53.0 Å². The number of carbonyl (C=O) groups is 9. The van der Waals surface area contributed by atoms with Crippen molar-refractivity contribution in [2.75, 3.05) is 46.2 Å². The second-order valence-electron chi connectivity index (χ2n) is 20.6. The van der Waals surface area contributed by atoms with Crippen LogP contribution in [0.5, 0.6) is 0 Å². The third kappa shape index (κ3) is 18.8. The van der Waals surface area contributed by atoms with E-state index >= 15 is 0 Å². The highest BCUT2D eigenvalue weighted by Crippen LogP contribution is 2.32. The fraction of sp³-hybridized carbons (Fsp3) is 0.636. The number of benzene rings is 1. The molecule has 3 heterocycles. The first-order chi connectivity index (χ1) is 35.7. The number of methoxy groups -OCH3 is 1. The van der Waals surface area contributed by atoms with Crippen LogP contribution in [0.25, 0.3) is 0 Å². The fourth-order valence-corrected chi connectivity index (χ4v) is 10.6. The topological polar surface area (TPSA) is 268 Å². The Morgan fingerprint density at radius 2 is 1.63 bits per heavy atom. The lowest BCUT2D eigenvalue weighted by molar-refractivity contribution is -0.144. The first kappa shape index (κ1) is 61.8. The van der Waals surface area contributed by atoms with Crippen LogP contribution in [0.1, 0.15) is 152 Å². The predicted molar refractivity (Wildman–Crippen MR) is 286 cm³/mol. The van der Waals surface area contributed by atoms with E-state index in [1.807, 2.05) is 34.7 Å². The minimum atomic E-state index is -1.19. The van der Waals surface area contributed by atoms with Crippen LogP contribution >= 0.6 is 11.3 Å². The molecular weight excluding hydrogens is 981 g/mol. The van der Waals surface area contributed by atoms with Crippen molar-refractivity contribution in [2.24, 2.45) is 29.4 Å². The second kappa shape index (κ2) is 30.8. The van der Waals surface area contributed by atoms with Crippen molar-refractivity contribution in [1.29, 1.82) is 0 Å². The summed E-state index contributed by atoms with van der Waals surface area (Å²) in [5.74, 6) is -5.26. The lowest BCUT2D eigenvalue weighted by atomic mass is 9.83. The number of aliphatic carboxylic acids is 1. The molecule has 0 unspecified atom stereocenters. The Bertz CT molecular complexity index is 2290. The monoisotopic (exact) mass is 1060 g/mol. The largest absolute Gasteiger partial charge is 0.481 e. The number of ether oxygens (including phenoxy) is 1. The third-order valence-corrected chi connectivity index (χ3v) is 15.6. The lowest BCUT2D eigenvalue weighted by Gasteiger charge is -2.37. The van der Waals surface area contributed by atoms with Gasteiger partial charge in [0.2, 0.25) is 17.7 Å². The number of carbonyl (C=O) groups excluding carboxylic acids is 8. The van der Waals surface area contributed by atoms with Gasteiger partial charge in [-0.05, 0) is 108 Å². The number of nitrogens with zero attached hydrogens (tertiary/aromatic N) is 4. The molecule has 75 heavy (non-hydrogen) atoms. The molecule has 1 aromatic carbocycles. The minimum Gasteiger partial charge on any atom is -0.481 e. The summed E-state index contributed by atoms with van der Waals surface area (Å²) in [6, 6.07) is 4.21. The van der Waals surface area contributed by atoms with E-state index in [-0.39, 0.29) is 91.3 Å². The van der Waals surface area contributed by atoms with Gasteiger partial charge in [-0.15, -0.1) is 11.3 Å². The Kier molecular flexibility index (Phi) is 25.4. The molecule has 20 heteroatoms. The summed E-state index contributed by atoms with van der Waals surface area (Å²) in [5.41, 5.74) is 6.75. The minimum absolute atomic E-state index is 0.000699. The van der Waals surface area contributed by atoms with E-state index < -0.39 is 53.6 Å². The number of amides is 6. The second-order valence-corrected chi connectivity index (χ2v) is 21.5. The van der Waals surface area contributed by atoms with Gasteiger partial charge in [0.1, 0.15) is 22.8 Å². The van der Waals surface area contributed by atoms with Gasteiger partial charge in [0.05, 0.1) is 18.0 Å². The maximum absolute atomic E-state index is 14.3. The molecule has 2 aromatic rings. The smallest absolute Gasteiger partial charge is 0.307 e. The Balaban J connectivity index is 1.30. The molecule has 414 valence electrons. The number of thiazole rings is 1. The number of hydrogen-bond acceptors (Lipinski definition) is 14.